The number of aromatic nitrogens is 2. The third-order valence-corrected chi connectivity index (χ3v) is 7.70. The monoisotopic (exact) mass is 508 g/mol. The van der Waals surface area contributed by atoms with Crippen molar-refractivity contribution in [3.63, 3.8) is 0 Å². The van der Waals surface area contributed by atoms with Gasteiger partial charge in [-0.1, -0.05) is 24.3 Å². The summed E-state index contributed by atoms with van der Waals surface area (Å²) in [5.74, 6) is -0.562. The smallest absolute Gasteiger partial charge is 0.257 e. The van der Waals surface area contributed by atoms with Gasteiger partial charge in [0.05, 0.1) is 17.2 Å². The Morgan fingerprint density at radius 1 is 1.13 bits per heavy atom. The number of benzene rings is 2. The molecule has 0 aliphatic carbocycles. The molecule has 0 radical (unpaired) electrons. The lowest BCUT2D eigenvalue weighted by Crippen LogP contribution is -2.38. The minimum Gasteiger partial charge on any atom is -0.339 e. The lowest BCUT2D eigenvalue weighted by Gasteiger charge is -2.32. The molecule has 5 rings (SSSR count). The number of fused-ring (bicyclic) bond motifs is 1. The van der Waals surface area contributed by atoms with Crippen molar-refractivity contribution >= 4 is 22.7 Å². The van der Waals surface area contributed by atoms with E-state index in [-0.39, 0.29) is 29.6 Å². The van der Waals surface area contributed by atoms with Gasteiger partial charge in [0.1, 0.15) is 11.5 Å². The lowest BCUT2D eigenvalue weighted by atomic mass is 9.87. The molecule has 0 spiro atoms. The first-order chi connectivity index (χ1) is 18.3. The predicted molar refractivity (Wildman–Crippen MR) is 144 cm³/mol. The third kappa shape index (κ3) is 4.58. The molecule has 1 saturated heterocycles. The van der Waals surface area contributed by atoms with Crippen molar-refractivity contribution in [1.29, 1.82) is 5.26 Å². The Morgan fingerprint density at radius 2 is 1.87 bits per heavy atom. The molecular formula is C31H29FN4O2. The van der Waals surface area contributed by atoms with E-state index in [1.54, 1.807) is 54.4 Å². The van der Waals surface area contributed by atoms with E-state index in [1.807, 2.05) is 18.5 Å². The minimum atomic E-state index is -0.477. The fourth-order valence-corrected chi connectivity index (χ4v) is 5.56. The summed E-state index contributed by atoms with van der Waals surface area (Å²) in [6.07, 6.45) is 5.61. The van der Waals surface area contributed by atoms with Crippen LogP contribution in [-0.2, 0) is 13.5 Å². The van der Waals surface area contributed by atoms with Crippen molar-refractivity contribution < 1.29 is 14.0 Å². The van der Waals surface area contributed by atoms with Crippen LogP contribution >= 0.6 is 0 Å². The molecule has 192 valence electrons. The summed E-state index contributed by atoms with van der Waals surface area (Å²) >= 11 is 0. The number of hydrogen-bond acceptors (Lipinski definition) is 4. The van der Waals surface area contributed by atoms with Crippen LogP contribution in [0.5, 0.6) is 0 Å². The molecule has 7 heteroatoms. The molecule has 0 atom stereocenters. The normalized spacial score (nSPS) is 14.0. The number of aryl methyl sites for hydroxylation is 3. The number of halogens is 1. The summed E-state index contributed by atoms with van der Waals surface area (Å²) in [5, 5.41) is 10.2. The van der Waals surface area contributed by atoms with Gasteiger partial charge >= 0.3 is 0 Å². The molecule has 1 amide bonds. The molecule has 6 nitrogen and oxygen atoms in total. The standard InChI is InChI=1S/C31H29FN4O2/c1-19-6-4-9-26(32)28(19)31(38)36-12-10-22(11-13-36)25-18-35(3)30-29(25)20(2)24(17-34-30)15-27(37)23-8-5-7-21(14-23)16-33/h4-9,14,17-18,22H,10-13,15H2,1-3H3. The highest BCUT2D eigenvalue weighted by Crippen LogP contribution is 2.36. The highest BCUT2D eigenvalue weighted by molar-refractivity contribution is 5.99. The Labute approximate surface area is 221 Å². The molecule has 1 aliphatic heterocycles. The van der Waals surface area contributed by atoms with Gasteiger partial charge in [-0.15, -0.1) is 0 Å². The second kappa shape index (κ2) is 10.2. The maximum Gasteiger partial charge on any atom is 0.257 e. The predicted octanol–water partition coefficient (Wildman–Crippen LogP) is 5.65. The Balaban J connectivity index is 1.38. The van der Waals surface area contributed by atoms with Crippen LogP contribution in [0.4, 0.5) is 4.39 Å². The Hall–Kier alpha value is -4.31. The number of hydrogen-bond donors (Lipinski definition) is 0. The van der Waals surface area contributed by atoms with Crippen LogP contribution in [0, 0.1) is 31.0 Å². The Bertz CT molecular complexity index is 1590. The summed E-state index contributed by atoms with van der Waals surface area (Å²) in [4.78, 5) is 32.5. The van der Waals surface area contributed by atoms with Crippen LogP contribution in [0.3, 0.4) is 0 Å². The van der Waals surface area contributed by atoms with E-state index in [4.69, 9.17) is 10.2 Å². The van der Waals surface area contributed by atoms with E-state index in [1.165, 1.54) is 11.6 Å². The van der Waals surface area contributed by atoms with Crippen molar-refractivity contribution in [2.45, 2.75) is 39.0 Å². The molecule has 0 N–H and O–H groups in total. The van der Waals surface area contributed by atoms with E-state index in [9.17, 15) is 14.0 Å². The van der Waals surface area contributed by atoms with Crippen LogP contribution in [0.25, 0.3) is 11.0 Å². The average molecular weight is 509 g/mol. The summed E-state index contributed by atoms with van der Waals surface area (Å²) < 4.78 is 16.4. The van der Waals surface area contributed by atoms with Crippen molar-refractivity contribution in [2.24, 2.45) is 7.05 Å². The molecule has 3 heterocycles. The molecule has 38 heavy (non-hydrogen) atoms. The number of nitriles is 1. The highest BCUT2D eigenvalue weighted by Gasteiger charge is 2.29. The average Bonchev–Trinajstić information content (AvgIpc) is 3.27. The summed E-state index contributed by atoms with van der Waals surface area (Å²) in [5.41, 5.74) is 5.69. The summed E-state index contributed by atoms with van der Waals surface area (Å²) in [6, 6.07) is 13.6. The first kappa shape index (κ1) is 25.3. The topological polar surface area (TPSA) is 79.0 Å². The third-order valence-electron chi connectivity index (χ3n) is 7.70. The van der Waals surface area contributed by atoms with Gasteiger partial charge in [0.25, 0.3) is 5.91 Å². The van der Waals surface area contributed by atoms with E-state index < -0.39 is 5.82 Å². The molecule has 1 aliphatic rings. The van der Waals surface area contributed by atoms with Crippen molar-refractivity contribution in [3.05, 3.63) is 99.6 Å². The second-order valence-electron chi connectivity index (χ2n) is 10.1. The van der Waals surface area contributed by atoms with E-state index in [2.05, 4.69) is 12.3 Å². The maximum absolute atomic E-state index is 14.4. The number of rotatable bonds is 5. The number of amides is 1. The quantitative estimate of drug-likeness (QED) is 0.327. The van der Waals surface area contributed by atoms with Crippen molar-refractivity contribution in [2.75, 3.05) is 13.1 Å². The van der Waals surface area contributed by atoms with Crippen LogP contribution in [0.1, 0.15) is 67.3 Å². The van der Waals surface area contributed by atoms with Crippen molar-refractivity contribution in [3.8, 4) is 6.07 Å². The molecule has 0 saturated carbocycles. The Kier molecular flexibility index (Phi) is 6.81. The van der Waals surface area contributed by atoms with E-state index in [0.717, 1.165) is 35.0 Å². The fourth-order valence-electron chi connectivity index (χ4n) is 5.56. The number of Topliss-reactive ketones (excluding diaryl/α,β-unsaturated/α-hetero) is 1. The maximum atomic E-state index is 14.4. The second-order valence-corrected chi connectivity index (χ2v) is 10.1. The number of carbonyl (C=O) groups is 2. The van der Waals surface area contributed by atoms with Gasteiger partial charge in [-0.3, -0.25) is 9.59 Å². The fraction of sp³-hybridized carbons (Fsp3) is 0.290. The number of piperidine rings is 1. The van der Waals surface area contributed by atoms with Gasteiger partial charge in [-0.2, -0.15) is 5.26 Å². The van der Waals surface area contributed by atoms with Gasteiger partial charge in [0.15, 0.2) is 5.78 Å². The molecule has 2 aromatic heterocycles. The number of likely N-dealkylation sites (tertiary alicyclic amines) is 1. The SMILES string of the molecule is Cc1cccc(F)c1C(=O)N1CCC(c2cn(C)c3ncc(CC(=O)c4cccc(C#N)c4)c(C)c23)CC1. The Morgan fingerprint density at radius 3 is 2.58 bits per heavy atom. The molecule has 4 aromatic rings. The number of carbonyl (C=O) groups excluding carboxylic acids is 2. The number of ketones is 1. The molecular weight excluding hydrogens is 479 g/mol. The van der Waals surface area contributed by atoms with Gasteiger partial charge in [-0.25, -0.2) is 9.37 Å². The zero-order valence-corrected chi connectivity index (χ0v) is 21.8. The van der Waals surface area contributed by atoms with Crippen LogP contribution < -0.4 is 0 Å². The lowest BCUT2D eigenvalue weighted by molar-refractivity contribution is 0.0707. The van der Waals surface area contributed by atoms with Crippen LogP contribution in [-0.4, -0.2) is 39.2 Å². The summed E-state index contributed by atoms with van der Waals surface area (Å²) in [7, 11) is 1.97. The van der Waals surface area contributed by atoms with Gasteiger partial charge in [0, 0.05) is 49.9 Å². The van der Waals surface area contributed by atoms with Crippen molar-refractivity contribution in [1.82, 2.24) is 14.5 Å². The first-order valence-corrected chi connectivity index (χ1v) is 12.8. The van der Waals surface area contributed by atoms with Gasteiger partial charge in [-0.05, 0) is 73.1 Å². The van der Waals surface area contributed by atoms with E-state index in [0.29, 0.717) is 29.8 Å². The van der Waals surface area contributed by atoms with Crippen LogP contribution in [0.2, 0.25) is 0 Å². The number of nitrogens with zero attached hydrogens (tertiary/aromatic N) is 4. The zero-order valence-electron chi connectivity index (χ0n) is 21.8. The number of pyridine rings is 1. The van der Waals surface area contributed by atoms with Gasteiger partial charge in [0.2, 0.25) is 0 Å². The highest BCUT2D eigenvalue weighted by atomic mass is 19.1. The molecule has 2 aromatic carbocycles. The largest absolute Gasteiger partial charge is 0.339 e. The van der Waals surface area contributed by atoms with E-state index >= 15 is 0 Å². The summed E-state index contributed by atoms with van der Waals surface area (Å²) in [6.45, 7) is 4.89. The van der Waals surface area contributed by atoms with Crippen LogP contribution in [0.15, 0.2) is 54.9 Å². The first-order valence-electron chi connectivity index (χ1n) is 12.8. The molecule has 1 fully saturated rings. The molecule has 0 unspecified atom stereocenters. The van der Waals surface area contributed by atoms with Gasteiger partial charge < -0.3 is 9.47 Å². The molecule has 0 bridgehead atoms. The zero-order chi connectivity index (χ0) is 27.0. The minimum absolute atomic E-state index is 0.0564.